The molecule has 228 valence electrons. The molecule has 3 N–H and O–H groups in total. The largest absolute Gasteiger partial charge is 0.462 e. The molecule has 41 heavy (non-hydrogen) atoms. The Bertz CT molecular complexity index is 1120. The Morgan fingerprint density at radius 3 is 2.54 bits per heavy atom. The maximum atomic E-state index is 13.9. The van der Waals surface area contributed by atoms with Gasteiger partial charge in [-0.05, 0) is 55.2 Å². The summed E-state index contributed by atoms with van der Waals surface area (Å²) >= 11 is 0. The number of hydrogen-bond donors (Lipinski definition) is 3. The highest BCUT2D eigenvalue weighted by atomic mass is 16.7. The standard InChI is InChI=1S/C33H48O8/c1-18(2)29-21(5)12-13-32(41-29)16-25-15-24(40-32)11-10-20(4)27(34)19(3)8-7-9-23-17-38-30-28(35)22(6)14-26(31(36)39-25)33(23,30)37/h7-10,14,18-19,21,24-30,34-35,37H,11-13,15-17H2,1-6H3/b8-7+,20-10+,23-9+. The van der Waals surface area contributed by atoms with Crippen molar-refractivity contribution >= 4 is 5.97 Å². The molecule has 0 radical (unpaired) electrons. The van der Waals surface area contributed by atoms with Gasteiger partial charge < -0.3 is 34.3 Å². The number of hydrogen-bond acceptors (Lipinski definition) is 8. The molecule has 0 amide bonds. The second kappa shape index (κ2) is 11.7. The number of carbonyl (C=O) groups is 1. The molecule has 5 rings (SSSR count). The van der Waals surface area contributed by atoms with Crippen molar-refractivity contribution in [3.63, 3.8) is 0 Å². The van der Waals surface area contributed by atoms with Crippen molar-refractivity contribution in [2.45, 2.75) is 122 Å². The number of rotatable bonds is 1. The number of fused-ring (bicyclic) bond motifs is 2. The minimum Gasteiger partial charge on any atom is -0.462 e. The molecule has 0 aromatic carbocycles. The highest BCUT2D eigenvalue weighted by Crippen LogP contribution is 2.47. The molecule has 0 saturated carbocycles. The van der Waals surface area contributed by atoms with E-state index in [1.165, 1.54) is 0 Å². The summed E-state index contributed by atoms with van der Waals surface area (Å²) in [5.74, 6) is -1.94. The average molecular weight is 573 g/mol. The van der Waals surface area contributed by atoms with Gasteiger partial charge in [0.25, 0.3) is 0 Å². The minimum atomic E-state index is -1.75. The lowest BCUT2D eigenvalue weighted by Gasteiger charge is -2.50. The summed E-state index contributed by atoms with van der Waals surface area (Å²) in [6.45, 7) is 12.2. The van der Waals surface area contributed by atoms with Gasteiger partial charge in [-0.15, -0.1) is 0 Å². The first-order chi connectivity index (χ1) is 19.3. The van der Waals surface area contributed by atoms with Crippen molar-refractivity contribution in [3.8, 4) is 0 Å². The van der Waals surface area contributed by atoms with Crippen LogP contribution in [-0.2, 0) is 23.7 Å². The van der Waals surface area contributed by atoms with Gasteiger partial charge in [0.15, 0.2) is 5.79 Å². The second-order valence-corrected chi connectivity index (χ2v) is 13.4. The van der Waals surface area contributed by atoms with Crippen LogP contribution in [0.4, 0.5) is 0 Å². The lowest BCUT2D eigenvalue weighted by atomic mass is 9.71. The molecular formula is C33H48O8. The fraction of sp³-hybridized carbons (Fsp3) is 0.727. The van der Waals surface area contributed by atoms with Gasteiger partial charge in [-0.25, -0.2) is 0 Å². The topological polar surface area (TPSA) is 115 Å². The zero-order valence-electron chi connectivity index (χ0n) is 25.3. The van der Waals surface area contributed by atoms with Gasteiger partial charge in [0.2, 0.25) is 0 Å². The molecule has 4 heterocycles. The molecule has 4 aliphatic heterocycles. The molecule has 0 aromatic rings. The molecule has 5 aliphatic rings. The predicted octanol–water partition coefficient (Wildman–Crippen LogP) is 4.14. The van der Waals surface area contributed by atoms with E-state index in [1.807, 2.05) is 26.0 Å². The summed E-state index contributed by atoms with van der Waals surface area (Å²) in [5, 5.41) is 34.0. The number of aliphatic hydroxyl groups excluding tert-OH is 2. The zero-order chi connectivity index (χ0) is 29.7. The fourth-order valence-corrected chi connectivity index (χ4v) is 7.44. The molecule has 11 unspecified atom stereocenters. The van der Waals surface area contributed by atoms with E-state index in [4.69, 9.17) is 18.9 Å². The SMILES string of the molecule is CC1=CC2C(=O)OC3CC(C/C=C(\C)C(O)C(C)/C=C/C=C4\COC(C1O)C42O)OC1(CCC(C)C(C(C)C)O1)C3. The molecule has 8 heteroatoms. The Morgan fingerprint density at radius 1 is 1.05 bits per heavy atom. The van der Waals surface area contributed by atoms with Crippen molar-refractivity contribution in [2.75, 3.05) is 6.61 Å². The van der Waals surface area contributed by atoms with Gasteiger partial charge in [-0.3, -0.25) is 4.79 Å². The van der Waals surface area contributed by atoms with E-state index < -0.39 is 47.7 Å². The van der Waals surface area contributed by atoms with Crippen LogP contribution in [0.1, 0.15) is 73.6 Å². The molecule has 1 aliphatic carbocycles. The Labute approximate surface area is 244 Å². The third-order valence-corrected chi connectivity index (χ3v) is 9.93. The first kappa shape index (κ1) is 30.6. The van der Waals surface area contributed by atoms with Crippen molar-refractivity contribution in [1.29, 1.82) is 0 Å². The predicted molar refractivity (Wildman–Crippen MR) is 154 cm³/mol. The average Bonchev–Trinajstić information content (AvgIpc) is 3.26. The van der Waals surface area contributed by atoms with Crippen molar-refractivity contribution in [1.82, 2.24) is 0 Å². The fourth-order valence-electron chi connectivity index (χ4n) is 7.44. The van der Waals surface area contributed by atoms with Crippen LogP contribution in [0.25, 0.3) is 0 Å². The van der Waals surface area contributed by atoms with Crippen molar-refractivity contribution in [3.05, 3.63) is 47.1 Å². The first-order valence-electron chi connectivity index (χ1n) is 15.3. The summed E-state index contributed by atoms with van der Waals surface area (Å²) in [4.78, 5) is 13.9. The van der Waals surface area contributed by atoms with Crippen LogP contribution < -0.4 is 0 Å². The van der Waals surface area contributed by atoms with Gasteiger partial charge in [0, 0.05) is 25.2 Å². The van der Waals surface area contributed by atoms with Crippen LogP contribution in [0.5, 0.6) is 0 Å². The van der Waals surface area contributed by atoms with Crippen LogP contribution in [0.2, 0.25) is 0 Å². The van der Waals surface area contributed by atoms with E-state index in [2.05, 4.69) is 20.8 Å². The lowest BCUT2D eigenvalue weighted by molar-refractivity contribution is -0.340. The Kier molecular flexibility index (Phi) is 8.74. The third-order valence-electron chi connectivity index (χ3n) is 9.93. The summed E-state index contributed by atoms with van der Waals surface area (Å²) in [6, 6.07) is 0. The highest BCUT2D eigenvalue weighted by Gasteiger charge is 2.60. The van der Waals surface area contributed by atoms with Crippen LogP contribution in [-0.4, -0.2) is 75.9 Å². The van der Waals surface area contributed by atoms with Gasteiger partial charge in [0.1, 0.15) is 29.8 Å². The van der Waals surface area contributed by atoms with Gasteiger partial charge in [0.05, 0.1) is 24.9 Å². The summed E-state index contributed by atoms with van der Waals surface area (Å²) in [7, 11) is 0. The third kappa shape index (κ3) is 5.76. The highest BCUT2D eigenvalue weighted by molar-refractivity contribution is 5.78. The molecule has 8 nitrogen and oxygen atoms in total. The molecule has 3 saturated heterocycles. The first-order valence-corrected chi connectivity index (χ1v) is 15.3. The molecule has 2 bridgehead atoms. The maximum absolute atomic E-state index is 13.9. The van der Waals surface area contributed by atoms with Crippen LogP contribution in [0.3, 0.4) is 0 Å². The van der Waals surface area contributed by atoms with Crippen LogP contribution >= 0.6 is 0 Å². The number of esters is 1. The van der Waals surface area contributed by atoms with E-state index in [1.54, 1.807) is 25.2 Å². The Morgan fingerprint density at radius 2 is 1.80 bits per heavy atom. The number of aliphatic hydroxyl groups is 3. The lowest BCUT2D eigenvalue weighted by Crippen LogP contribution is -2.58. The molecule has 0 aromatic heterocycles. The summed E-state index contributed by atoms with van der Waals surface area (Å²) < 4.78 is 25.5. The smallest absolute Gasteiger partial charge is 0.316 e. The molecule has 1 spiro atoms. The normalized spacial score (nSPS) is 48.9. The zero-order valence-corrected chi connectivity index (χ0v) is 25.3. The van der Waals surface area contributed by atoms with Gasteiger partial charge in [-0.1, -0.05) is 58.1 Å². The summed E-state index contributed by atoms with van der Waals surface area (Å²) in [5.41, 5.74) is 0.152. The maximum Gasteiger partial charge on any atom is 0.316 e. The van der Waals surface area contributed by atoms with Crippen molar-refractivity contribution < 1.29 is 39.1 Å². The number of allylic oxidation sites excluding steroid dienone is 2. The van der Waals surface area contributed by atoms with E-state index in [0.29, 0.717) is 48.7 Å². The second-order valence-electron chi connectivity index (χ2n) is 13.4. The Balaban J connectivity index is 1.53. The van der Waals surface area contributed by atoms with Crippen LogP contribution in [0.15, 0.2) is 47.1 Å². The molecule has 3 fully saturated rings. The van der Waals surface area contributed by atoms with Crippen LogP contribution in [0, 0.1) is 23.7 Å². The molecule has 11 atom stereocenters. The summed E-state index contributed by atoms with van der Waals surface area (Å²) in [6.07, 6.45) is 8.69. The number of ether oxygens (including phenoxy) is 4. The van der Waals surface area contributed by atoms with Gasteiger partial charge >= 0.3 is 5.97 Å². The monoisotopic (exact) mass is 572 g/mol. The van der Waals surface area contributed by atoms with E-state index >= 15 is 0 Å². The van der Waals surface area contributed by atoms with E-state index in [0.717, 1.165) is 12.0 Å². The van der Waals surface area contributed by atoms with Crippen molar-refractivity contribution in [2.24, 2.45) is 23.7 Å². The Hall–Kier alpha value is -1.81. The van der Waals surface area contributed by atoms with E-state index in [-0.39, 0.29) is 24.7 Å². The molecular weight excluding hydrogens is 524 g/mol. The van der Waals surface area contributed by atoms with Gasteiger partial charge in [-0.2, -0.15) is 0 Å². The van der Waals surface area contributed by atoms with E-state index in [9.17, 15) is 20.1 Å². The minimum absolute atomic E-state index is 0.0265. The quantitative estimate of drug-likeness (QED) is 0.317. The number of carbonyl (C=O) groups excluding carboxylic acids is 1.